The van der Waals surface area contributed by atoms with Crippen molar-refractivity contribution >= 4 is 23.6 Å². The average Bonchev–Trinajstić information content (AvgIpc) is 2.99. The van der Waals surface area contributed by atoms with Crippen molar-refractivity contribution in [2.75, 3.05) is 13.4 Å². The van der Waals surface area contributed by atoms with E-state index in [2.05, 4.69) is 5.10 Å². The Morgan fingerprint density at radius 1 is 1.15 bits per heavy atom. The summed E-state index contributed by atoms with van der Waals surface area (Å²) in [5.41, 5.74) is 4.45. The van der Waals surface area contributed by atoms with Crippen LogP contribution in [0.5, 0.6) is 5.75 Å². The van der Waals surface area contributed by atoms with E-state index < -0.39 is 0 Å². The molecule has 0 spiro atoms. The number of hydrogen-bond donors (Lipinski definition) is 0. The van der Waals surface area contributed by atoms with Crippen LogP contribution >= 0.6 is 11.8 Å². The Kier molecular flexibility index (Phi) is 5.81. The molecule has 0 unspecified atom stereocenters. The van der Waals surface area contributed by atoms with Gasteiger partial charge in [0.25, 0.3) is 0 Å². The van der Waals surface area contributed by atoms with E-state index in [0.29, 0.717) is 11.3 Å². The van der Waals surface area contributed by atoms with Crippen LogP contribution in [-0.2, 0) is 0 Å². The van der Waals surface area contributed by atoms with Gasteiger partial charge in [-0.15, -0.1) is 11.8 Å². The van der Waals surface area contributed by atoms with Gasteiger partial charge >= 0.3 is 0 Å². The largest absolute Gasteiger partial charge is 0.496 e. The van der Waals surface area contributed by atoms with Crippen LogP contribution in [0.1, 0.15) is 27.3 Å². The van der Waals surface area contributed by atoms with Gasteiger partial charge in [-0.2, -0.15) is 5.10 Å². The number of allylic oxidation sites excluding steroid dienone is 1. The zero-order valence-electron chi connectivity index (χ0n) is 15.9. The van der Waals surface area contributed by atoms with Crippen LogP contribution in [-0.4, -0.2) is 28.9 Å². The maximum Gasteiger partial charge on any atom is 0.185 e. The Morgan fingerprint density at radius 3 is 2.56 bits per heavy atom. The number of hydrogen-bond acceptors (Lipinski definition) is 4. The lowest BCUT2D eigenvalue weighted by atomic mass is 10.1. The molecule has 4 nitrogen and oxygen atoms in total. The highest BCUT2D eigenvalue weighted by atomic mass is 32.2. The minimum atomic E-state index is -0.0628. The van der Waals surface area contributed by atoms with Gasteiger partial charge in [-0.25, -0.2) is 4.68 Å². The van der Waals surface area contributed by atoms with Gasteiger partial charge in [0.1, 0.15) is 5.75 Å². The molecule has 0 N–H and O–H groups in total. The predicted molar refractivity (Wildman–Crippen MR) is 111 cm³/mol. The third-order valence-corrected chi connectivity index (χ3v) is 5.19. The first-order valence-corrected chi connectivity index (χ1v) is 9.83. The minimum Gasteiger partial charge on any atom is -0.496 e. The van der Waals surface area contributed by atoms with E-state index in [1.807, 2.05) is 73.3 Å². The van der Waals surface area contributed by atoms with Crippen LogP contribution < -0.4 is 4.74 Å². The van der Waals surface area contributed by atoms with Crippen molar-refractivity contribution in [3.63, 3.8) is 0 Å². The third-order valence-electron chi connectivity index (χ3n) is 4.42. The topological polar surface area (TPSA) is 44.1 Å². The van der Waals surface area contributed by atoms with Crippen molar-refractivity contribution in [2.45, 2.75) is 18.7 Å². The second kappa shape index (κ2) is 8.27. The first-order valence-electron chi connectivity index (χ1n) is 8.61. The van der Waals surface area contributed by atoms with E-state index in [1.54, 1.807) is 31.0 Å². The van der Waals surface area contributed by atoms with E-state index in [1.165, 1.54) is 0 Å². The van der Waals surface area contributed by atoms with Gasteiger partial charge in [0.2, 0.25) is 0 Å². The number of aryl methyl sites for hydroxylation is 1. The van der Waals surface area contributed by atoms with E-state index in [4.69, 9.17) is 4.74 Å². The Balaban J connectivity index is 1.88. The quantitative estimate of drug-likeness (QED) is 0.339. The molecule has 0 saturated heterocycles. The number of carbonyl (C=O) groups is 1. The van der Waals surface area contributed by atoms with Crippen molar-refractivity contribution in [3.05, 3.63) is 77.1 Å². The maximum absolute atomic E-state index is 12.6. The van der Waals surface area contributed by atoms with Crippen molar-refractivity contribution < 1.29 is 9.53 Å². The Bertz CT molecular complexity index is 991. The highest BCUT2D eigenvalue weighted by Gasteiger charge is 2.12. The second-order valence-electron chi connectivity index (χ2n) is 6.10. The normalized spacial score (nSPS) is 11.1. The monoisotopic (exact) mass is 378 g/mol. The summed E-state index contributed by atoms with van der Waals surface area (Å²) in [6.45, 7) is 3.96. The summed E-state index contributed by atoms with van der Waals surface area (Å²) in [5, 5.41) is 4.61. The number of aromatic nitrogens is 2. The zero-order valence-corrected chi connectivity index (χ0v) is 16.7. The molecule has 0 aliphatic carbocycles. The van der Waals surface area contributed by atoms with Crippen molar-refractivity contribution in [1.82, 2.24) is 9.78 Å². The number of carbonyl (C=O) groups excluding carboxylic acids is 1. The van der Waals surface area contributed by atoms with Gasteiger partial charge in [0.05, 0.1) is 18.5 Å². The Morgan fingerprint density at radius 2 is 1.89 bits per heavy atom. The lowest BCUT2D eigenvalue weighted by molar-refractivity contribution is 0.104. The highest BCUT2D eigenvalue weighted by Crippen LogP contribution is 2.28. The molecule has 0 bridgehead atoms. The predicted octanol–water partition coefficient (Wildman–Crippen LogP) is 5.12. The zero-order chi connectivity index (χ0) is 19.4. The summed E-state index contributed by atoms with van der Waals surface area (Å²) in [6, 6.07) is 15.5. The molecular weight excluding hydrogens is 356 g/mol. The van der Waals surface area contributed by atoms with Crippen LogP contribution in [0.3, 0.4) is 0 Å². The Labute approximate surface area is 163 Å². The van der Waals surface area contributed by atoms with E-state index in [0.717, 1.165) is 27.5 Å². The molecule has 1 aromatic heterocycles. The van der Waals surface area contributed by atoms with E-state index in [-0.39, 0.29) is 5.78 Å². The number of methoxy groups -OCH3 is 1. The molecule has 27 heavy (non-hydrogen) atoms. The third kappa shape index (κ3) is 3.98. The molecule has 0 saturated carbocycles. The lowest BCUT2D eigenvalue weighted by Gasteiger charge is -2.07. The highest BCUT2D eigenvalue weighted by molar-refractivity contribution is 7.98. The van der Waals surface area contributed by atoms with Gasteiger partial charge in [-0.3, -0.25) is 4.79 Å². The number of benzene rings is 2. The molecule has 3 aromatic rings. The van der Waals surface area contributed by atoms with Crippen molar-refractivity contribution in [1.29, 1.82) is 0 Å². The molecule has 5 heteroatoms. The van der Waals surface area contributed by atoms with Crippen LogP contribution in [0.2, 0.25) is 0 Å². The van der Waals surface area contributed by atoms with Gasteiger partial charge in [0.15, 0.2) is 5.78 Å². The first-order chi connectivity index (χ1) is 13.0. The van der Waals surface area contributed by atoms with Crippen molar-refractivity contribution in [3.8, 4) is 11.4 Å². The molecular formula is C22H22N2O2S. The number of nitrogens with zero attached hydrogens (tertiary/aromatic N) is 2. The SMILES string of the molecule is COc1cc(C(=O)/C=C/c2c(C)nn(-c3ccccc3)c2C)ccc1SC. The molecule has 2 aromatic carbocycles. The standard InChI is InChI=1S/C22H22N2O2S/c1-15-19(16(2)24(23-15)18-8-6-5-7-9-18)11-12-20(25)17-10-13-22(27-4)21(14-17)26-3/h5-14H,1-4H3/b12-11+. The fraction of sp³-hybridized carbons (Fsp3) is 0.182. The second-order valence-corrected chi connectivity index (χ2v) is 6.95. The molecule has 0 atom stereocenters. The molecule has 0 amide bonds. The summed E-state index contributed by atoms with van der Waals surface area (Å²) < 4.78 is 7.27. The summed E-state index contributed by atoms with van der Waals surface area (Å²) in [6.07, 6.45) is 5.42. The molecule has 0 fully saturated rings. The fourth-order valence-electron chi connectivity index (χ4n) is 2.96. The lowest BCUT2D eigenvalue weighted by Crippen LogP contribution is -1.98. The Hall–Kier alpha value is -2.79. The van der Waals surface area contributed by atoms with Gasteiger partial charge < -0.3 is 4.74 Å². The maximum atomic E-state index is 12.6. The molecule has 0 aliphatic rings. The number of thioether (sulfide) groups is 1. The summed E-state index contributed by atoms with van der Waals surface area (Å²) >= 11 is 1.59. The van der Waals surface area contributed by atoms with E-state index in [9.17, 15) is 4.79 Å². The summed E-state index contributed by atoms with van der Waals surface area (Å²) in [5.74, 6) is 0.651. The smallest absolute Gasteiger partial charge is 0.185 e. The minimum absolute atomic E-state index is 0.0628. The van der Waals surface area contributed by atoms with Crippen molar-refractivity contribution in [2.24, 2.45) is 0 Å². The molecule has 138 valence electrons. The number of para-hydroxylation sites is 1. The van der Waals surface area contributed by atoms with Crippen LogP contribution in [0.4, 0.5) is 0 Å². The van der Waals surface area contributed by atoms with Gasteiger partial charge in [0, 0.05) is 21.7 Å². The number of rotatable bonds is 6. The molecule has 3 rings (SSSR count). The molecule has 0 radical (unpaired) electrons. The summed E-state index contributed by atoms with van der Waals surface area (Å²) in [7, 11) is 1.61. The fourth-order valence-corrected chi connectivity index (χ4v) is 3.51. The van der Waals surface area contributed by atoms with Gasteiger partial charge in [-0.1, -0.05) is 18.2 Å². The van der Waals surface area contributed by atoms with Crippen LogP contribution in [0.25, 0.3) is 11.8 Å². The molecule has 0 aliphatic heterocycles. The van der Waals surface area contributed by atoms with E-state index >= 15 is 0 Å². The number of ether oxygens (including phenoxy) is 1. The van der Waals surface area contributed by atoms with Gasteiger partial charge in [-0.05, 0) is 62.6 Å². The molecule has 1 heterocycles. The van der Waals surface area contributed by atoms with Crippen LogP contribution in [0, 0.1) is 13.8 Å². The number of ketones is 1. The average molecular weight is 378 g/mol. The van der Waals surface area contributed by atoms with Crippen LogP contribution in [0.15, 0.2) is 59.5 Å². The first kappa shape index (κ1) is 19.0. The summed E-state index contributed by atoms with van der Waals surface area (Å²) in [4.78, 5) is 13.6.